The second-order valence-corrected chi connectivity index (χ2v) is 9.80. The van der Waals surface area contributed by atoms with Crippen molar-refractivity contribution in [3.63, 3.8) is 0 Å². The second-order valence-electron chi connectivity index (χ2n) is 9.39. The first kappa shape index (κ1) is 25.7. The fourth-order valence-corrected chi connectivity index (χ4v) is 5.12. The number of benzene rings is 2. The van der Waals surface area contributed by atoms with Crippen LogP contribution in [0.25, 0.3) is 22.4 Å². The quantitative estimate of drug-likeness (QED) is 0.285. The molecule has 1 fully saturated rings. The van der Waals surface area contributed by atoms with Gasteiger partial charge in [0.2, 0.25) is 0 Å². The fourth-order valence-electron chi connectivity index (χ4n) is 4.81. The number of rotatable bonds is 7. The van der Waals surface area contributed by atoms with Crippen LogP contribution in [-0.2, 0) is 5.41 Å². The third-order valence-corrected chi connectivity index (χ3v) is 7.30. The summed E-state index contributed by atoms with van der Waals surface area (Å²) in [6, 6.07) is 21.0. The molecule has 1 aliphatic heterocycles. The standard InChI is InChI=1S/C28H27ClN6O3/c29-22-9-5-4-8-21(22)28(17-30)10-12-35(13-11-28)27(38)23-14-20-25(31-15-19(37)16-36)33-24(34-26(20)32-23)18-6-2-1-3-7-18/h1-9,14,19,36-37H,10-13,15-16H2,(H2,31,32,33,34)/t19-/m1/s1. The van der Waals surface area contributed by atoms with Crippen LogP contribution in [0.3, 0.4) is 0 Å². The van der Waals surface area contributed by atoms with Crippen molar-refractivity contribution < 1.29 is 15.0 Å². The summed E-state index contributed by atoms with van der Waals surface area (Å²) in [5.74, 6) is 0.699. The van der Waals surface area contributed by atoms with Crippen molar-refractivity contribution >= 4 is 34.4 Å². The number of hydrogen-bond acceptors (Lipinski definition) is 7. The Hall–Kier alpha value is -3.97. The minimum atomic E-state index is -0.966. The van der Waals surface area contributed by atoms with Crippen molar-refractivity contribution in [2.24, 2.45) is 0 Å². The third-order valence-electron chi connectivity index (χ3n) is 6.97. The minimum absolute atomic E-state index is 0.0791. The van der Waals surface area contributed by atoms with Gasteiger partial charge in [-0.2, -0.15) is 5.26 Å². The van der Waals surface area contributed by atoms with Crippen LogP contribution in [0.1, 0.15) is 28.9 Å². The first-order valence-electron chi connectivity index (χ1n) is 12.4. The first-order chi connectivity index (χ1) is 18.4. The number of piperidine rings is 1. The molecule has 1 amide bonds. The molecule has 1 atom stereocenters. The number of aromatic amines is 1. The number of aliphatic hydroxyl groups excluding tert-OH is 2. The molecule has 194 valence electrons. The monoisotopic (exact) mass is 530 g/mol. The number of nitriles is 1. The van der Waals surface area contributed by atoms with Crippen LogP contribution < -0.4 is 5.32 Å². The molecule has 0 spiro atoms. The number of amides is 1. The number of anilines is 1. The van der Waals surface area contributed by atoms with Gasteiger partial charge in [0.15, 0.2) is 5.82 Å². The van der Waals surface area contributed by atoms with Gasteiger partial charge in [-0.1, -0.05) is 60.1 Å². The largest absolute Gasteiger partial charge is 0.394 e. The van der Waals surface area contributed by atoms with Crippen LogP contribution in [0.15, 0.2) is 60.7 Å². The number of carbonyl (C=O) groups excluding carboxylic acids is 1. The van der Waals surface area contributed by atoms with Gasteiger partial charge in [0, 0.05) is 30.2 Å². The van der Waals surface area contributed by atoms with Gasteiger partial charge in [-0.05, 0) is 30.5 Å². The Balaban J connectivity index is 1.42. The maximum atomic E-state index is 13.5. The molecule has 0 radical (unpaired) electrons. The Morgan fingerprint density at radius 2 is 1.87 bits per heavy atom. The molecule has 2 aromatic heterocycles. The summed E-state index contributed by atoms with van der Waals surface area (Å²) in [7, 11) is 0. The highest BCUT2D eigenvalue weighted by molar-refractivity contribution is 6.31. The van der Waals surface area contributed by atoms with Crippen LogP contribution in [0.2, 0.25) is 5.02 Å². The van der Waals surface area contributed by atoms with Crippen LogP contribution in [0.4, 0.5) is 5.82 Å². The van der Waals surface area contributed by atoms with Crippen molar-refractivity contribution in [1.82, 2.24) is 19.9 Å². The predicted molar refractivity (Wildman–Crippen MR) is 145 cm³/mol. The van der Waals surface area contributed by atoms with Gasteiger partial charge in [0.25, 0.3) is 5.91 Å². The van der Waals surface area contributed by atoms with Crippen LogP contribution >= 0.6 is 11.6 Å². The molecule has 1 saturated heterocycles. The first-order valence-corrected chi connectivity index (χ1v) is 12.8. The molecule has 0 bridgehead atoms. The van der Waals surface area contributed by atoms with E-state index in [1.165, 1.54) is 0 Å². The number of halogens is 1. The zero-order valence-corrected chi connectivity index (χ0v) is 21.3. The molecule has 38 heavy (non-hydrogen) atoms. The summed E-state index contributed by atoms with van der Waals surface area (Å²) in [5, 5.41) is 33.3. The number of hydrogen-bond donors (Lipinski definition) is 4. The summed E-state index contributed by atoms with van der Waals surface area (Å²) in [5.41, 5.74) is 1.68. The summed E-state index contributed by atoms with van der Waals surface area (Å²) in [6.07, 6.45) is -0.0152. The van der Waals surface area contributed by atoms with E-state index in [1.807, 2.05) is 48.5 Å². The molecule has 10 heteroatoms. The lowest BCUT2D eigenvalue weighted by atomic mass is 9.74. The number of aromatic nitrogens is 3. The molecule has 1 aliphatic rings. The van der Waals surface area contributed by atoms with E-state index >= 15 is 0 Å². The van der Waals surface area contributed by atoms with Crippen LogP contribution in [0, 0.1) is 11.3 Å². The zero-order valence-electron chi connectivity index (χ0n) is 20.6. The molecule has 0 aliphatic carbocycles. The Morgan fingerprint density at radius 3 is 2.55 bits per heavy atom. The fraction of sp³-hybridized carbons (Fsp3) is 0.286. The van der Waals surface area contributed by atoms with E-state index in [2.05, 4.69) is 26.3 Å². The number of likely N-dealkylation sites (tertiary alicyclic amines) is 1. The van der Waals surface area contributed by atoms with Crippen molar-refractivity contribution in [1.29, 1.82) is 5.26 Å². The molecule has 5 rings (SSSR count). The van der Waals surface area contributed by atoms with Crippen molar-refractivity contribution in [2.75, 3.05) is 31.6 Å². The smallest absolute Gasteiger partial charge is 0.270 e. The third kappa shape index (κ3) is 4.94. The minimum Gasteiger partial charge on any atom is -0.394 e. The molecule has 0 unspecified atom stereocenters. The summed E-state index contributed by atoms with van der Waals surface area (Å²) in [6.45, 7) is 0.496. The Morgan fingerprint density at radius 1 is 1.16 bits per heavy atom. The molecule has 9 nitrogen and oxygen atoms in total. The van der Waals surface area contributed by atoms with Crippen molar-refractivity contribution in [2.45, 2.75) is 24.4 Å². The maximum absolute atomic E-state index is 13.5. The van der Waals surface area contributed by atoms with E-state index in [0.29, 0.717) is 59.3 Å². The van der Waals surface area contributed by atoms with Crippen LogP contribution in [-0.4, -0.2) is 68.3 Å². The zero-order chi connectivity index (χ0) is 26.7. The lowest BCUT2D eigenvalue weighted by Crippen LogP contribution is -2.44. The summed E-state index contributed by atoms with van der Waals surface area (Å²) < 4.78 is 0. The number of fused-ring (bicyclic) bond motifs is 1. The number of nitrogens with zero attached hydrogens (tertiary/aromatic N) is 4. The van der Waals surface area contributed by atoms with Crippen molar-refractivity contribution in [3.8, 4) is 17.5 Å². The summed E-state index contributed by atoms with van der Waals surface area (Å²) in [4.78, 5) is 27.6. The van der Waals surface area contributed by atoms with Crippen LogP contribution in [0.5, 0.6) is 0 Å². The Bertz CT molecular complexity index is 1490. The van der Waals surface area contributed by atoms with E-state index < -0.39 is 18.1 Å². The molecule has 0 saturated carbocycles. The van der Waals surface area contributed by atoms with E-state index in [9.17, 15) is 20.3 Å². The van der Waals surface area contributed by atoms with Gasteiger partial charge >= 0.3 is 0 Å². The molecule has 4 aromatic rings. The molecular formula is C28H27ClN6O3. The van der Waals surface area contributed by atoms with Crippen molar-refractivity contribution in [3.05, 3.63) is 76.9 Å². The maximum Gasteiger partial charge on any atom is 0.270 e. The van der Waals surface area contributed by atoms with E-state index in [-0.39, 0.29) is 12.5 Å². The van der Waals surface area contributed by atoms with E-state index in [4.69, 9.17) is 11.6 Å². The molecule has 4 N–H and O–H groups in total. The Kier molecular flexibility index (Phi) is 7.29. The normalized spacial score (nSPS) is 15.7. The van der Waals surface area contributed by atoms with Gasteiger partial charge in [-0.3, -0.25) is 4.79 Å². The van der Waals surface area contributed by atoms with Gasteiger partial charge in [-0.15, -0.1) is 0 Å². The van der Waals surface area contributed by atoms with E-state index in [0.717, 1.165) is 11.1 Å². The predicted octanol–water partition coefficient (Wildman–Crippen LogP) is 3.74. The molecule has 3 heterocycles. The summed E-state index contributed by atoms with van der Waals surface area (Å²) >= 11 is 6.41. The number of aliphatic hydroxyl groups is 2. The lowest BCUT2D eigenvalue weighted by Gasteiger charge is -2.37. The SMILES string of the molecule is N#CC1(c2ccccc2Cl)CCN(C(=O)c2cc3c(NC[C@@H](O)CO)nc(-c4ccccc4)nc3[nH]2)CC1. The number of nitrogens with one attached hydrogen (secondary N) is 2. The number of H-pyrrole nitrogens is 1. The number of carbonyl (C=O) groups is 1. The highest BCUT2D eigenvalue weighted by atomic mass is 35.5. The second kappa shape index (κ2) is 10.8. The highest BCUT2D eigenvalue weighted by Crippen LogP contribution is 2.39. The van der Waals surface area contributed by atoms with Gasteiger partial charge in [0.05, 0.1) is 29.6 Å². The lowest BCUT2D eigenvalue weighted by molar-refractivity contribution is 0.0687. The average molecular weight is 531 g/mol. The van der Waals surface area contributed by atoms with E-state index in [1.54, 1.807) is 17.0 Å². The van der Waals surface area contributed by atoms with Gasteiger partial charge < -0.3 is 25.4 Å². The van der Waals surface area contributed by atoms with Gasteiger partial charge in [0.1, 0.15) is 17.2 Å². The molecule has 2 aromatic carbocycles. The highest BCUT2D eigenvalue weighted by Gasteiger charge is 2.39. The molecular weight excluding hydrogens is 504 g/mol. The van der Waals surface area contributed by atoms with Gasteiger partial charge in [-0.25, -0.2) is 9.97 Å². The topological polar surface area (TPSA) is 138 Å². The Labute approximate surface area is 224 Å². The average Bonchev–Trinajstić information content (AvgIpc) is 3.40.